The summed E-state index contributed by atoms with van der Waals surface area (Å²) in [6.45, 7) is 2.17. The molecule has 0 radical (unpaired) electrons. The molecule has 0 spiro atoms. The van der Waals surface area contributed by atoms with E-state index in [1.807, 2.05) is 48.5 Å². The summed E-state index contributed by atoms with van der Waals surface area (Å²) in [5.74, 6) is 0.808. The van der Waals surface area contributed by atoms with Crippen LogP contribution in [-0.2, 0) is 10.0 Å². The predicted octanol–water partition coefficient (Wildman–Crippen LogP) is 4.11. The fourth-order valence-electron chi connectivity index (χ4n) is 3.99. The third-order valence-corrected chi connectivity index (χ3v) is 7.56. The topological polar surface area (TPSA) is 63.0 Å². The lowest BCUT2D eigenvalue weighted by atomic mass is 10.1. The number of para-hydroxylation sites is 1. The zero-order valence-corrected chi connectivity index (χ0v) is 17.4. The van der Waals surface area contributed by atoms with E-state index in [9.17, 15) is 8.42 Å². The first kappa shape index (κ1) is 19.0. The summed E-state index contributed by atoms with van der Waals surface area (Å²) in [5.41, 5.74) is 2.52. The molecule has 5 rings (SSSR count). The van der Waals surface area contributed by atoms with E-state index in [2.05, 4.69) is 4.90 Å². The molecule has 0 saturated carbocycles. The van der Waals surface area contributed by atoms with Crippen molar-refractivity contribution in [3.63, 3.8) is 0 Å². The van der Waals surface area contributed by atoms with E-state index in [1.165, 1.54) is 0 Å². The van der Waals surface area contributed by atoms with Gasteiger partial charge in [-0.2, -0.15) is 4.31 Å². The molecule has 1 aliphatic heterocycles. The van der Waals surface area contributed by atoms with Crippen LogP contribution >= 0.6 is 0 Å². The largest absolute Gasteiger partial charge is 0.497 e. The third kappa shape index (κ3) is 3.20. The van der Waals surface area contributed by atoms with Crippen molar-refractivity contribution in [1.29, 1.82) is 0 Å². The summed E-state index contributed by atoms with van der Waals surface area (Å²) >= 11 is 0. The minimum atomic E-state index is -3.57. The first-order chi connectivity index (χ1) is 14.6. The van der Waals surface area contributed by atoms with Crippen molar-refractivity contribution >= 4 is 37.6 Å². The molecule has 0 unspecified atom stereocenters. The SMILES string of the molecule is COc1ccc(N2CCN(S(=O)(=O)c3ccc4oc5ccccc5c4c3)CC2)cc1. The molecule has 0 atom stereocenters. The Hall–Kier alpha value is -3.03. The number of nitrogens with zero attached hydrogens (tertiary/aromatic N) is 2. The van der Waals surface area contributed by atoms with Gasteiger partial charge in [-0.05, 0) is 48.5 Å². The van der Waals surface area contributed by atoms with Gasteiger partial charge in [-0.1, -0.05) is 18.2 Å². The lowest BCUT2D eigenvalue weighted by Gasteiger charge is -2.35. The molecule has 30 heavy (non-hydrogen) atoms. The van der Waals surface area contributed by atoms with E-state index in [0.29, 0.717) is 36.7 Å². The van der Waals surface area contributed by atoms with Crippen LogP contribution in [0.4, 0.5) is 5.69 Å². The highest BCUT2D eigenvalue weighted by molar-refractivity contribution is 7.89. The molecule has 1 aliphatic rings. The quantitative estimate of drug-likeness (QED) is 0.495. The molecule has 0 aliphatic carbocycles. The minimum Gasteiger partial charge on any atom is -0.497 e. The number of ether oxygens (including phenoxy) is 1. The Bertz CT molecular complexity index is 1300. The zero-order chi connectivity index (χ0) is 20.7. The first-order valence-electron chi connectivity index (χ1n) is 9.87. The second-order valence-corrected chi connectivity index (χ2v) is 9.28. The van der Waals surface area contributed by atoms with Gasteiger partial charge in [0.15, 0.2) is 0 Å². The van der Waals surface area contributed by atoms with E-state index >= 15 is 0 Å². The Labute approximate surface area is 175 Å². The van der Waals surface area contributed by atoms with Gasteiger partial charge in [0.2, 0.25) is 10.0 Å². The normalized spacial score (nSPS) is 15.7. The predicted molar refractivity (Wildman–Crippen MR) is 118 cm³/mol. The van der Waals surface area contributed by atoms with Crippen LogP contribution in [0.2, 0.25) is 0 Å². The molecule has 1 saturated heterocycles. The highest BCUT2D eigenvalue weighted by Gasteiger charge is 2.29. The summed E-state index contributed by atoms with van der Waals surface area (Å²) in [6, 6.07) is 20.6. The van der Waals surface area contributed by atoms with Gasteiger partial charge in [0, 0.05) is 42.6 Å². The van der Waals surface area contributed by atoms with Crippen LogP contribution in [0.15, 0.2) is 76.0 Å². The smallest absolute Gasteiger partial charge is 0.243 e. The maximum absolute atomic E-state index is 13.3. The molecule has 3 aromatic carbocycles. The third-order valence-electron chi connectivity index (χ3n) is 5.66. The number of anilines is 1. The second kappa shape index (κ2) is 7.34. The van der Waals surface area contributed by atoms with Gasteiger partial charge < -0.3 is 14.1 Å². The number of sulfonamides is 1. The van der Waals surface area contributed by atoms with E-state index in [-0.39, 0.29) is 0 Å². The number of fused-ring (bicyclic) bond motifs is 3. The van der Waals surface area contributed by atoms with Gasteiger partial charge in [-0.25, -0.2) is 8.42 Å². The Morgan fingerprint density at radius 1 is 0.833 bits per heavy atom. The first-order valence-corrected chi connectivity index (χ1v) is 11.3. The van der Waals surface area contributed by atoms with Crippen molar-refractivity contribution in [1.82, 2.24) is 4.31 Å². The summed E-state index contributed by atoms with van der Waals surface area (Å²) in [7, 11) is -1.93. The van der Waals surface area contributed by atoms with Crippen LogP contribution < -0.4 is 9.64 Å². The van der Waals surface area contributed by atoms with Gasteiger partial charge in [0.25, 0.3) is 0 Å². The average Bonchev–Trinajstić information content (AvgIpc) is 3.17. The molecule has 0 N–H and O–H groups in total. The fourth-order valence-corrected chi connectivity index (χ4v) is 5.44. The van der Waals surface area contributed by atoms with Crippen LogP contribution in [0.5, 0.6) is 5.75 Å². The van der Waals surface area contributed by atoms with Crippen LogP contribution in [0.25, 0.3) is 21.9 Å². The standard InChI is InChI=1S/C23H22N2O4S/c1-28-18-8-6-17(7-9-18)24-12-14-25(15-13-24)30(26,27)19-10-11-23-21(16-19)20-4-2-3-5-22(20)29-23/h2-11,16H,12-15H2,1H3. The zero-order valence-electron chi connectivity index (χ0n) is 16.6. The Morgan fingerprint density at radius 2 is 1.53 bits per heavy atom. The molecule has 7 heteroatoms. The maximum atomic E-state index is 13.3. The minimum absolute atomic E-state index is 0.305. The van der Waals surface area contributed by atoms with Crippen molar-refractivity contribution in [3.05, 3.63) is 66.7 Å². The molecule has 6 nitrogen and oxygen atoms in total. The molecule has 154 valence electrons. The van der Waals surface area contributed by atoms with Crippen molar-refractivity contribution in [2.75, 3.05) is 38.2 Å². The Kier molecular flexibility index (Phi) is 4.64. The molecular weight excluding hydrogens is 400 g/mol. The highest BCUT2D eigenvalue weighted by Crippen LogP contribution is 2.31. The number of piperazine rings is 1. The van der Waals surface area contributed by atoms with Gasteiger partial charge >= 0.3 is 0 Å². The van der Waals surface area contributed by atoms with Gasteiger partial charge in [0.05, 0.1) is 12.0 Å². The van der Waals surface area contributed by atoms with Crippen LogP contribution in [0.3, 0.4) is 0 Å². The van der Waals surface area contributed by atoms with E-state index < -0.39 is 10.0 Å². The number of hydrogen-bond donors (Lipinski definition) is 0. The van der Waals surface area contributed by atoms with Crippen molar-refractivity contribution in [2.24, 2.45) is 0 Å². The summed E-state index contributed by atoms with van der Waals surface area (Å²) < 4.78 is 39.1. The fraction of sp³-hybridized carbons (Fsp3) is 0.217. The van der Waals surface area contributed by atoms with Crippen LogP contribution in [-0.4, -0.2) is 46.0 Å². The molecule has 0 bridgehead atoms. The molecular formula is C23H22N2O4S. The monoisotopic (exact) mass is 422 g/mol. The van der Waals surface area contributed by atoms with Crippen LogP contribution in [0, 0.1) is 0 Å². The molecule has 1 fully saturated rings. The van der Waals surface area contributed by atoms with Gasteiger partial charge in [0.1, 0.15) is 16.9 Å². The average molecular weight is 423 g/mol. The van der Waals surface area contributed by atoms with Crippen LogP contribution in [0.1, 0.15) is 0 Å². The van der Waals surface area contributed by atoms with Gasteiger partial charge in [-0.15, -0.1) is 0 Å². The second-order valence-electron chi connectivity index (χ2n) is 7.35. The molecule has 0 amide bonds. The number of rotatable bonds is 4. The molecule has 1 aromatic heterocycles. The lowest BCUT2D eigenvalue weighted by Crippen LogP contribution is -2.48. The number of benzene rings is 3. The maximum Gasteiger partial charge on any atom is 0.243 e. The Balaban J connectivity index is 1.38. The number of furan rings is 1. The lowest BCUT2D eigenvalue weighted by molar-refractivity contribution is 0.384. The number of methoxy groups -OCH3 is 1. The highest BCUT2D eigenvalue weighted by atomic mass is 32.2. The van der Waals surface area contributed by atoms with E-state index in [4.69, 9.17) is 9.15 Å². The van der Waals surface area contributed by atoms with Crippen molar-refractivity contribution in [2.45, 2.75) is 4.90 Å². The number of hydrogen-bond acceptors (Lipinski definition) is 5. The summed E-state index contributed by atoms with van der Waals surface area (Å²) in [6.07, 6.45) is 0. The molecule has 4 aromatic rings. The summed E-state index contributed by atoms with van der Waals surface area (Å²) in [5, 5.41) is 1.75. The van der Waals surface area contributed by atoms with Gasteiger partial charge in [-0.3, -0.25) is 0 Å². The Morgan fingerprint density at radius 3 is 2.27 bits per heavy atom. The van der Waals surface area contributed by atoms with E-state index in [1.54, 1.807) is 29.6 Å². The molecule has 2 heterocycles. The van der Waals surface area contributed by atoms with Crippen molar-refractivity contribution in [3.8, 4) is 5.75 Å². The summed E-state index contributed by atoms with van der Waals surface area (Å²) in [4.78, 5) is 2.50. The van der Waals surface area contributed by atoms with E-state index in [0.717, 1.165) is 27.8 Å². The van der Waals surface area contributed by atoms with Crippen molar-refractivity contribution < 1.29 is 17.6 Å².